The molecule has 1 aromatic heterocycles. The Morgan fingerprint density at radius 3 is 2.78 bits per heavy atom. The van der Waals surface area contributed by atoms with Crippen LogP contribution < -0.4 is 5.32 Å². The zero-order valence-corrected chi connectivity index (χ0v) is 12.7. The molecule has 1 aromatic carbocycles. The number of rotatable bonds is 4. The van der Waals surface area contributed by atoms with Gasteiger partial charge in [-0.25, -0.2) is 4.68 Å². The molecule has 0 atom stereocenters. The third-order valence-electron chi connectivity index (χ3n) is 2.52. The Morgan fingerprint density at radius 1 is 1.44 bits per heavy atom. The van der Waals surface area contributed by atoms with E-state index in [4.69, 9.17) is 11.6 Å². The Bertz CT molecular complexity index is 537. The number of halogens is 2. The van der Waals surface area contributed by atoms with E-state index >= 15 is 0 Å². The first kappa shape index (κ1) is 13.6. The van der Waals surface area contributed by atoms with Crippen LogP contribution in [0.3, 0.4) is 0 Å². The van der Waals surface area contributed by atoms with Crippen LogP contribution in [0.25, 0.3) is 5.69 Å². The molecule has 0 saturated carbocycles. The molecule has 18 heavy (non-hydrogen) atoms. The van der Waals surface area contributed by atoms with Gasteiger partial charge >= 0.3 is 0 Å². The van der Waals surface area contributed by atoms with E-state index in [0.717, 1.165) is 16.7 Å². The third kappa shape index (κ3) is 3.34. The van der Waals surface area contributed by atoms with E-state index in [2.05, 4.69) is 52.3 Å². The maximum atomic E-state index is 5.87. The Morgan fingerprint density at radius 2 is 2.22 bits per heavy atom. The van der Waals surface area contributed by atoms with Gasteiger partial charge in [0.25, 0.3) is 0 Å². The van der Waals surface area contributed by atoms with Crippen LogP contribution in [0.5, 0.6) is 0 Å². The minimum atomic E-state index is 0.480. The highest BCUT2D eigenvalue weighted by Gasteiger charge is 2.05. The second kappa shape index (κ2) is 5.87. The summed E-state index contributed by atoms with van der Waals surface area (Å²) < 4.78 is 2.76. The monoisotopic (exact) mass is 327 g/mol. The van der Waals surface area contributed by atoms with E-state index in [1.807, 2.05) is 6.07 Å². The molecule has 0 bridgehead atoms. The first-order valence-electron chi connectivity index (χ1n) is 5.78. The molecule has 0 fully saturated rings. The van der Waals surface area contributed by atoms with Crippen LogP contribution in [-0.2, 0) is 6.54 Å². The van der Waals surface area contributed by atoms with Crippen molar-refractivity contribution in [3.63, 3.8) is 0 Å². The second-order valence-corrected chi connectivity index (χ2v) is 5.72. The topological polar surface area (TPSA) is 29.9 Å². The lowest BCUT2D eigenvalue weighted by Crippen LogP contribution is -2.21. The normalized spacial score (nSPS) is 11.2. The largest absolute Gasteiger partial charge is 0.310 e. The van der Waals surface area contributed by atoms with Crippen LogP contribution in [-0.4, -0.2) is 15.8 Å². The van der Waals surface area contributed by atoms with Crippen molar-refractivity contribution >= 4 is 27.5 Å². The van der Waals surface area contributed by atoms with Crippen LogP contribution in [0.2, 0.25) is 5.02 Å². The minimum absolute atomic E-state index is 0.480. The first-order valence-corrected chi connectivity index (χ1v) is 6.95. The van der Waals surface area contributed by atoms with E-state index in [1.54, 1.807) is 17.1 Å². The zero-order valence-electron chi connectivity index (χ0n) is 10.3. The van der Waals surface area contributed by atoms with E-state index in [9.17, 15) is 0 Å². The quantitative estimate of drug-likeness (QED) is 0.925. The molecule has 0 unspecified atom stereocenters. The zero-order chi connectivity index (χ0) is 13.1. The van der Waals surface area contributed by atoms with Crippen molar-refractivity contribution in [1.29, 1.82) is 0 Å². The molecule has 0 aliphatic heterocycles. The summed E-state index contributed by atoms with van der Waals surface area (Å²) in [6.07, 6.45) is 3.41. The molecule has 96 valence electrons. The van der Waals surface area contributed by atoms with Crippen LogP contribution in [0, 0.1) is 0 Å². The molecule has 2 aromatic rings. The minimum Gasteiger partial charge on any atom is -0.310 e. The van der Waals surface area contributed by atoms with Gasteiger partial charge in [-0.05, 0) is 33.6 Å². The highest BCUT2D eigenvalue weighted by atomic mass is 79.9. The molecule has 2 rings (SSSR count). The third-order valence-corrected chi connectivity index (χ3v) is 3.35. The lowest BCUT2D eigenvalue weighted by molar-refractivity contribution is 0.588. The fourth-order valence-corrected chi connectivity index (χ4v) is 2.34. The molecular formula is C13H15BrClN3. The predicted molar refractivity (Wildman–Crippen MR) is 78.2 cm³/mol. The van der Waals surface area contributed by atoms with Gasteiger partial charge in [0.15, 0.2) is 0 Å². The summed E-state index contributed by atoms with van der Waals surface area (Å²) in [5.41, 5.74) is 2.22. The summed E-state index contributed by atoms with van der Waals surface area (Å²) in [6, 6.07) is 6.70. The van der Waals surface area contributed by atoms with Gasteiger partial charge in [0.2, 0.25) is 0 Å². The summed E-state index contributed by atoms with van der Waals surface area (Å²) in [5.74, 6) is 0. The molecule has 0 aliphatic carbocycles. The van der Waals surface area contributed by atoms with Crippen molar-refractivity contribution in [2.75, 3.05) is 0 Å². The maximum absolute atomic E-state index is 5.87. The molecule has 0 spiro atoms. The Kier molecular flexibility index (Phi) is 4.43. The summed E-state index contributed by atoms with van der Waals surface area (Å²) in [6.45, 7) is 5.13. The van der Waals surface area contributed by atoms with Crippen LogP contribution in [0.1, 0.15) is 19.4 Å². The van der Waals surface area contributed by atoms with Crippen molar-refractivity contribution in [2.45, 2.75) is 26.4 Å². The molecule has 0 saturated heterocycles. The second-order valence-electron chi connectivity index (χ2n) is 4.42. The number of aromatic nitrogens is 2. The lowest BCUT2D eigenvalue weighted by atomic mass is 10.2. The Labute approximate surface area is 120 Å². The van der Waals surface area contributed by atoms with Crippen molar-refractivity contribution < 1.29 is 0 Å². The maximum Gasteiger partial charge on any atom is 0.0790 e. The molecule has 0 amide bonds. The highest BCUT2D eigenvalue weighted by molar-refractivity contribution is 9.10. The van der Waals surface area contributed by atoms with Gasteiger partial charge in [-0.15, -0.1) is 0 Å². The average molecular weight is 329 g/mol. The molecule has 0 radical (unpaired) electrons. The number of hydrogen-bond acceptors (Lipinski definition) is 2. The smallest absolute Gasteiger partial charge is 0.0790 e. The summed E-state index contributed by atoms with van der Waals surface area (Å²) in [4.78, 5) is 0. The average Bonchev–Trinajstić information content (AvgIpc) is 2.73. The molecule has 1 N–H and O–H groups in total. The predicted octanol–water partition coefficient (Wildman–Crippen LogP) is 3.79. The summed E-state index contributed by atoms with van der Waals surface area (Å²) in [7, 11) is 0. The van der Waals surface area contributed by atoms with E-state index in [-0.39, 0.29) is 0 Å². The Hall–Kier alpha value is -0.840. The van der Waals surface area contributed by atoms with E-state index < -0.39 is 0 Å². The fourth-order valence-electron chi connectivity index (χ4n) is 1.60. The highest BCUT2D eigenvalue weighted by Crippen LogP contribution is 2.23. The Balaban J connectivity index is 2.20. The molecule has 0 aliphatic rings. The van der Waals surface area contributed by atoms with Gasteiger partial charge in [-0.2, -0.15) is 5.10 Å². The standard InChI is InChI=1S/C13H15BrClN3/c1-9(2)16-6-10-3-4-13(12(14)5-10)18-8-11(15)7-17-18/h3-5,7-9,16H,6H2,1-2H3. The van der Waals surface area contributed by atoms with Gasteiger partial charge < -0.3 is 5.32 Å². The number of benzene rings is 1. The number of nitrogens with zero attached hydrogens (tertiary/aromatic N) is 2. The van der Waals surface area contributed by atoms with Crippen LogP contribution in [0.15, 0.2) is 35.1 Å². The van der Waals surface area contributed by atoms with Crippen molar-refractivity contribution in [2.24, 2.45) is 0 Å². The van der Waals surface area contributed by atoms with Gasteiger partial charge in [0.05, 0.1) is 16.9 Å². The fraction of sp³-hybridized carbons (Fsp3) is 0.308. The number of hydrogen-bond donors (Lipinski definition) is 1. The molecular weight excluding hydrogens is 314 g/mol. The summed E-state index contributed by atoms with van der Waals surface area (Å²) in [5, 5.41) is 8.21. The van der Waals surface area contributed by atoms with Gasteiger partial charge in [-0.1, -0.05) is 31.5 Å². The lowest BCUT2D eigenvalue weighted by Gasteiger charge is -2.10. The van der Waals surface area contributed by atoms with Gasteiger partial charge in [-0.3, -0.25) is 0 Å². The van der Waals surface area contributed by atoms with Crippen molar-refractivity contribution in [3.05, 3.63) is 45.7 Å². The van der Waals surface area contributed by atoms with E-state index in [0.29, 0.717) is 11.1 Å². The molecule has 3 nitrogen and oxygen atoms in total. The first-order chi connectivity index (χ1) is 8.56. The van der Waals surface area contributed by atoms with Crippen molar-refractivity contribution in [1.82, 2.24) is 15.1 Å². The summed E-state index contributed by atoms with van der Waals surface area (Å²) >= 11 is 9.44. The van der Waals surface area contributed by atoms with Crippen LogP contribution in [0.4, 0.5) is 0 Å². The van der Waals surface area contributed by atoms with Gasteiger partial charge in [0, 0.05) is 23.3 Å². The number of nitrogens with one attached hydrogen (secondary N) is 1. The SMILES string of the molecule is CC(C)NCc1ccc(-n2cc(Cl)cn2)c(Br)c1. The molecule has 1 heterocycles. The molecule has 5 heteroatoms. The van der Waals surface area contributed by atoms with Gasteiger partial charge in [0.1, 0.15) is 0 Å². The van der Waals surface area contributed by atoms with Crippen molar-refractivity contribution in [3.8, 4) is 5.69 Å². The van der Waals surface area contributed by atoms with E-state index in [1.165, 1.54) is 5.56 Å². The van der Waals surface area contributed by atoms with Crippen LogP contribution >= 0.6 is 27.5 Å².